The summed E-state index contributed by atoms with van der Waals surface area (Å²) in [6, 6.07) is 0. The van der Waals surface area contributed by atoms with Gasteiger partial charge in [-0.3, -0.25) is 10.1 Å². The molecule has 1 N–H and O–H groups in total. The molecule has 1 aromatic heterocycles. The molecular formula is C10H16N4O3. The predicted molar refractivity (Wildman–Crippen MR) is 63.2 cm³/mol. The lowest BCUT2D eigenvalue weighted by molar-refractivity contribution is -0.385. The maximum absolute atomic E-state index is 11.0. The molecule has 0 aliphatic carbocycles. The minimum absolute atomic E-state index is 0.00894. The number of rotatable bonds is 6. The third-order valence-corrected chi connectivity index (χ3v) is 1.87. The smallest absolute Gasteiger partial charge is 0.372 e. The van der Waals surface area contributed by atoms with Gasteiger partial charge in [0.15, 0.2) is 0 Å². The molecular weight excluding hydrogens is 224 g/mol. The fourth-order valence-corrected chi connectivity index (χ4v) is 1.18. The van der Waals surface area contributed by atoms with Gasteiger partial charge in [-0.25, -0.2) is 4.98 Å². The molecule has 0 radical (unpaired) electrons. The lowest BCUT2D eigenvalue weighted by Crippen LogP contribution is -2.10. The van der Waals surface area contributed by atoms with Gasteiger partial charge in [-0.15, -0.1) is 0 Å². The average molecular weight is 240 g/mol. The minimum Gasteiger partial charge on any atom is -0.472 e. The Bertz CT molecular complexity index is 395. The van der Waals surface area contributed by atoms with Crippen LogP contribution < -0.4 is 10.1 Å². The van der Waals surface area contributed by atoms with Crippen molar-refractivity contribution in [2.24, 2.45) is 5.92 Å². The predicted octanol–water partition coefficient (Wildman–Crippen LogP) is 1.85. The van der Waals surface area contributed by atoms with Crippen LogP contribution in [0.15, 0.2) is 6.33 Å². The Morgan fingerprint density at radius 2 is 2.24 bits per heavy atom. The molecule has 0 bridgehead atoms. The Kier molecular flexibility index (Phi) is 4.62. The highest BCUT2D eigenvalue weighted by Gasteiger charge is 2.24. The van der Waals surface area contributed by atoms with Gasteiger partial charge in [0.25, 0.3) is 5.88 Å². The van der Waals surface area contributed by atoms with E-state index in [1.165, 1.54) is 6.33 Å². The van der Waals surface area contributed by atoms with E-state index < -0.39 is 4.92 Å². The van der Waals surface area contributed by atoms with Crippen molar-refractivity contribution in [2.75, 3.05) is 18.5 Å². The van der Waals surface area contributed by atoms with Crippen LogP contribution in [0.5, 0.6) is 5.88 Å². The van der Waals surface area contributed by atoms with Crippen LogP contribution in [0.25, 0.3) is 0 Å². The fraction of sp³-hybridized carbons (Fsp3) is 0.600. The van der Waals surface area contributed by atoms with Gasteiger partial charge in [0.05, 0.1) is 11.5 Å². The SMILES string of the molecule is CCNc1ncnc(OCC(C)C)c1[N+](=O)[O-]. The van der Waals surface area contributed by atoms with Crippen molar-refractivity contribution >= 4 is 11.5 Å². The first-order valence-electron chi connectivity index (χ1n) is 5.42. The Morgan fingerprint density at radius 1 is 1.53 bits per heavy atom. The number of hydrogen-bond donors (Lipinski definition) is 1. The van der Waals surface area contributed by atoms with E-state index >= 15 is 0 Å². The monoisotopic (exact) mass is 240 g/mol. The third kappa shape index (κ3) is 3.54. The number of aromatic nitrogens is 2. The van der Waals surface area contributed by atoms with Crippen LogP contribution in [0.4, 0.5) is 11.5 Å². The highest BCUT2D eigenvalue weighted by Crippen LogP contribution is 2.30. The molecule has 0 atom stereocenters. The molecule has 0 fully saturated rings. The Labute approximate surface area is 99.4 Å². The van der Waals surface area contributed by atoms with E-state index in [1.807, 2.05) is 20.8 Å². The first kappa shape index (κ1) is 13.1. The first-order chi connectivity index (χ1) is 8.06. The molecule has 0 aliphatic heterocycles. The molecule has 0 aliphatic rings. The summed E-state index contributed by atoms with van der Waals surface area (Å²) in [4.78, 5) is 18.1. The molecule has 0 aromatic carbocycles. The summed E-state index contributed by atoms with van der Waals surface area (Å²) in [6.45, 7) is 6.67. The number of ether oxygens (including phenoxy) is 1. The summed E-state index contributed by atoms with van der Waals surface area (Å²) in [7, 11) is 0. The number of nitro groups is 1. The lowest BCUT2D eigenvalue weighted by Gasteiger charge is -2.09. The van der Waals surface area contributed by atoms with E-state index in [4.69, 9.17) is 4.74 Å². The summed E-state index contributed by atoms with van der Waals surface area (Å²) in [5, 5.41) is 13.8. The molecule has 17 heavy (non-hydrogen) atoms. The molecule has 7 nitrogen and oxygen atoms in total. The summed E-state index contributed by atoms with van der Waals surface area (Å²) in [6.07, 6.45) is 1.25. The molecule has 1 aromatic rings. The summed E-state index contributed by atoms with van der Waals surface area (Å²) in [5.74, 6) is 0.466. The van der Waals surface area contributed by atoms with Crippen molar-refractivity contribution in [1.29, 1.82) is 0 Å². The topological polar surface area (TPSA) is 90.2 Å². The molecule has 0 saturated carbocycles. The molecule has 0 unspecified atom stereocenters. The first-order valence-corrected chi connectivity index (χ1v) is 5.42. The zero-order valence-corrected chi connectivity index (χ0v) is 10.1. The Morgan fingerprint density at radius 3 is 2.76 bits per heavy atom. The van der Waals surface area contributed by atoms with Crippen LogP contribution in [0.1, 0.15) is 20.8 Å². The second-order valence-corrected chi connectivity index (χ2v) is 3.87. The Hall–Kier alpha value is -1.92. The summed E-state index contributed by atoms with van der Waals surface area (Å²) in [5.41, 5.74) is -0.213. The van der Waals surface area contributed by atoms with E-state index in [2.05, 4.69) is 15.3 Å². The average Bonchev–Trinajstić information content (AvgIpc) is 2.26. The molecule has 0 spiro atoms. The van der Waals surface area contributed by atoms with Crippen LogP contribution in [0.2, 0.25) is 0 Å². The second kappa shape index (κ2) is 5.97. The van der Waals surface area contributed by atoms with Gasteiger partial charge < -0.3 is 10.1 Å². The van der Waals surface area contributed by atoms with E-state index in [-0.39, 0.29) is 23.3 Å². The normalized spacial score (nSPS) is 10.4. The quantitative estimate of drug-likeness (QED) is 0.602. The lowest BCUT2D eigenvalue weighted by atomic mass is 10.2. The van der Waals surface area contributed by atoms with Crippen molar-refractivity contribution in [2.45, 2.75) is 20.8 Å². The summed E-state index contributed by atoms with van der Waals surface area (Å²) < 4.78 is 5.31. The zero-order valence-electron chi connectivity index (χ0n) is 10.1. The van der Waals surface area contributed by atoms with Crippen molar-refractivity contribution in [3.63, 3.8) is 0 Å². The highest BCUT2D eigenvalue weighted by atomic mass is 16.6. The largest absolute Gasteiger partial charge is 0.472 e. The summed E-state index contributed by atoms with van der Waals surface area (Å²) >= 11 is 0. The van der Waals surface area contributed by atoms with Gasteiger partial charge in [-0.2, -0.15) is 4.98 Å². The molecule has 94 valence electrons. The highest BCUT2D eigenvalue weighted by molar-refractivity contribution is 5.60. The molecule has 0 saturated heterocycles. The van der Waals surface area contributed by atoms with Crippen LogP contribution in [0.3, 0.4) is 0 Å². The van der Waals surface area contributed by atoms with Gasteiger partial charge in [0.2, 0.25) is 5.82 Å². The van der Waals surface area contributed by atoms with E-state index in [1.54, 1.807) is 0 Å². The fourth-order valence-electron chi connectivity index (χ4n) is 1.18. The number of hydrogen-bond acceptors (Lipinski definition) is 6. The molecule has 7 heteroatoms. The van der Waals surface area contributed by atoms with Gasteiger partial charge >= 0.3 is 5.69 Å². The number of nitrogens with zero attached hydrogens (tertiary/aromatic N) is 3. The van der Waals surface area contributed by atoms with Gasteiger partial charge in [-0.05, 0) is 12.8 Å². The maximum Gasteiger partial charge on any atom is 0.372 e. The van der Waals surface area contributed by atoms with E-state index in [0.29, 0.717) is 13.2 Å². The maximum atomic E-state index is 11.0. The number of anilines is 1. The Balaban J connectivity index is 3.02. The molecule has 0 amide bonds. The van der Waals surface area contributed by atoms with Crippen LogP contribution in [-0.4, -0.2) is 28.0 Å². The van der Waals surface area contributed by atoms with Crippen LogP contribution >= 0.6 is 0 Å². The van der Waals surface area contributed by atoms with Crippen molar-refractivity contribution < 1.29 is 9.66 Å². The second-order valence-electron chi connectivity index (χ2n) is 3.87. The third-order valence-electron chi connectivity index (χ3n) is 1.87. The number of nitrogens with one attached hydrogen (secondary N) is 1. The van der Waals surface area contributed by atoms with Crippen molar-refractivity contribution in [3.05, 3.63) is 16.4 Å². The van der Waals surface area contributed by atoms with E-state index in [0.717, 1.165) is 0 Å². The molecule has 1 rings (SSSR count). The molecule has 1 heterocycles. The standard InChI is InChI=1S/C10H16N4O3/c1-4-11-9-8(14(15)16)10(13-6-12-9)17-5-7(2)3/h6-7H,4-5H2,1-3H3,(H,11,12,13). The van der Waals surface area contributed by atoms with Gasteiger partial charge in [0.1, 0.15) is 6.33 Å². The van der Waals surface area contributed by atoms with Crippen molar-refractivity contribution in [1.82, 2.24) is 9.97 Å². The van der Waals surface area contributed by atoms with Gasteiger partial charge in [-0.1, -0.05) is 13.8 Å². The zero-order chi connectivity index (χ0) is 12.8. The van der Waals surface area contributed by atoms with Gasteiger partial charge in [0, 0.05) is 6.54 Å². The minimum atomic E-state index is -0.534. The van der Waals surface area contributed by atoms with Crippen LogP contribution in [-0.2, 0) is 0 Å². The van der Waals surface area contributed by atoms with E-state index in [9.17, 15) is 10.1 Å². The van der Waals surface area contributed by atoms with Crippen LogP contribution in [0, 0.1) is 16.0 Å². The van der Waals surface area contributed by atoms with Crippen molar-refractivity contribution in [3.8, 4) is 5.88 Å².